The van der Waals surface area contributed by atoms with Crippen molar-refractivity contribution in [2.24, 2.45) is 0 Å². The van der Waals surface area contributed by atoms with Crippen molar-refractivity contribution in [2.75, 3.05) is 5.73 Å². The van der Waals surface area contributed by atoms with Crippen LogP contribution in [0, 0.1) is 6.92 Å². The summed E-state index contributed by atoms with van der Waals surface area (Å²) in [5.41, 5.74) is 8.53. The van der Waals surface area contributed by atoms with E-state index in [1.54, 1.807) is 5.38 Å². The fraction of sp³-hybridized carbons (Fsp3) is 0.231. The molecule has 3 N–H and O–H groups in total. The lowest BCUT2D eigenvalue weighted by Crippen LogP contribution is -2.24. The molecule has 0 saturated carbocycles. The fourth-order valence-corrected chi connectivity index (χ4v) is 2.10. The number of rotatable bonds is 4. The predicted octanol–water partition coefficient (Wildman–Crippen LogP) is 1.89. The molecule has 0 radical (unpaired) electrons. The molecular weight excluding hydrogens is 246 g/mol. The summed E-state index contributed by atoms with van der Waals surface area (Å²) in [5.74, 6) is -0.0409. The van der Waals surface area contributed by atoms with Crippen molar-refractivity contribution in [2.45, 2.75) is 19.9 Å². The number of hydrogen-bond acceptors (Lipinski definition) is 4. The van der Waals surface area contributed by atoms with Crippen LogP contribution < -0.4 is 11.1 Å². The third-order valence-electron chi connectivity index (χ3n) is 2.52. The molecule has 1 aromatic carbocycles. The Bertz CT molecular complexity index is 533. The van der Waals surface area contributed by atoms with E-state index in [1.807, 2.05) is 31.2 Å². The number of carbonyl (C=O) groups excluding carboxylic acids is 1. The lowest BCUT2D eigenvalue weighted by atomic mass is 10.1. The first-order chi connectivity index (χ1) is 8.63. The van der Waals surface area contributed by atoms with E-state index in [0.29, 0.717) is 11.7 Å². The van der Waals surface area contributed by atoms with Crippen molar-refractivity contribution in [3.05, 3.63) is 46.5 Å². The Labute approximate surface area is 110 Å². The molecule has 5 heteroatoms. The van der Waals surface area contributed by atoms with Gasteiger partial charge >= 0.3 is 0 Å². The highest BCUT2D eigenvalue weighted by Crippen LogP contribution is 2.11. The SMILES string of the molecule is Cc1ccc(CNC(=O)Cc2csc(N)n2)cc1. The summed E-state index contributed by atoms with van der Waals surface area (Å²) in [7, 11) is 0. The number of nitrogens with one attached hydrogen (secondary N) is 1. The van der Waals surface area contributed by atoms with E-state index in [-0.39, 0.29) is 12.3 Å². The number of nitrogens with two attached hydrogens (primary N) is 1. The maximum absolute atomic E-state index is 11.7. The summed E-state index contributed by atoms with van der Waals surface area (Å²) < 4.78 is 0. The lowest BCUT2D eigenvalue weighted by Gasteiger charge is -2.04. The van der Waals surface area contributed by atoms with Gasteiger partial charge in [-0.15, -0.1) is 11.3 Å². The van der Waals surface area contributed by atoms with Gasteiger partial charge in [0, 0.05) is 11.9 Å². The second kappa shape index (κ2) is 5.64. The van der Waals surface area contributed by atoms with E-state index in [2.05, 4.69) is 10.3 Å². The van der Waals surface area contributed by atoms with Gasteiger partial charge in [-0.1, -0.05) is 29.8 Å². The molecule has 0 saturated heterocycles. The minimum absolute atomic E-state index is 0.0409. The summed E-state index contributed by atoms with van der Waals surface area (Å²) in [6, 6.07) is 8.08. The molecule has 2 rings (SSSR count). The lowest BCUT2D eigenvalue weighted by molar-refractivity contribution is -0.120. The molecule has 0 aliphatic carbocycles. The second-order valence-electron chi connectivity index (χ2n) is 4.12. The number of anilines is 1. The number of benzene rings is 1. The highest BCUT2D eigenvalue weighted by atomic mass is 32.1. The smallest absolute Gasteiger partial charge is 0.226 e. The van der Waals surface area contributed by atoms with Gasteiger partial charge in [0.1, 0.15) is 0 Å². The number of aromatic nitrogens is 1. The number of amides is 1. The van der Waals surface area contributed by atoms with Crippen molar-refractivity contribution < 1.29 is 4.79 Å². The third-order valence-corrected chi connectivity index (χ3v) is 3.24. The zero-order valence-corrected chi connectivity index (χ0v) is 11.0. The molecule has 18 heavy (non-hydrogen) atoms. The molecule has 2 aromatic rings. The van der Waals surface area contributed by atoms with Gasteiger partial charge in [0.05, 0.1) is 12.1 Å². The van der Waals surface area contributed by atoms with E-state index in [1.165, 1.54) is 16.9 Å². The standard InChI is InChI=1S/C13H15N3OS/c1-9-2-4-10(5-3-9)7-15-12(17)6-11-8-18-13(14)16-11/h2-5,8H,6-7H2,1H3,(H2,14,16)(H,15,17). The van der Waals surface area contributed by atoms with Gasteiger partial charge in [-0.25, -0.2) is 4.98 Å². The van der Waals surface area contributed by atoms with Crippen molar-refractivity contribution in [1.82, 2.24) is 10.3 Å². The molecule has 94 valence electrons. The van der Waals surface area contributed by atoms with Crippen LogP contribution in [0.15, 0.2) is 29.6 Å². The number of aryl methyl sites for hydroxylation is 1. The van der Waals surface area contributed by atoms with Crippen LogP contribution in [0.5, 0.6) is 0 Å². The minimum Gasteiger partial charge on any atom is -0.375 e. The number of thiazole rings is 1. The largest absolute Gasteiger partial charge is 0.375 e. The average molecular weight is 261 g/mol. The Morgan fingerprint density at radius 3 is 2.72 bits per heavy atom. The molecule has 1 heterocycles. The predicted molar refractivity (Wildman–Crippen MR) is 73.3 cm³/mol. The van der Waals surface area contributed by atoms with Gasteiger partial charge in [-0.3, -0.25) is 4.79 Å². The number of nitrogens with zero attached hydrogens (tertiary/aromatic N) is 1. The van der Waals surface area contributed by atoms with E-state index >= 15 is 0 Å². The monoisotopic (exact) mass is 261 g/mol. The summed E-state index contributed by atoms with van der Waals surface area (Å²) in [6.45, 7) is 2.58. The van der Waals surface area contributed by atoms with Crippen LogP contribution in [0.3, 0.4) is 0 Å². The van der Waals surface area contributed by atoms with Crippen LogP contribution in [-0.4, -0.2) is 10.9 Å². The van der Waals surface area contributed by atoms with Crippen LogP contribution in [0.25, 0.3) is 0 Å². The first kappa shape index (κ1) is 12.6. The highest BCUT2D eigenvalue weighted by molar-refractivity contribution is 7.13. The molecule has 1 aromatic heterocycles. The quantitative estimate of drug-likeness (QED) is 0.883. The molecule has 4 nitrogen and oxygen atoms in total. The highest BCUT2D eigenvalue weighted by Gasteiger charge is 2.06. The van der Waals surface area contributed by atoms with Crippen molar-refractivity contribution in [3.63, 3.8) is 0 Å². The maximum Gasteiger partial charge on any atom is 0.226 e. The molecule has 1 amide bonds. The maximum atomic E-state index is 11.7. The minimum atomic E-state index is -0.0409. The van der Waals surface area contributed by atoms with Crippen molar-refractivity contribution >= 4 is 22.4 Å². The summed E-state index contributed by atoms with van der Waals surface area (Å²) in [4.78, 5) is 15.7. The number of hydrogen-bond donors (Lipinski definition) is 2. The van der Waals surface area contributed by atoms with Gasteiger partial charge in [0.2, 0.25) is 5.91 Å². The Kier molecular flexibility index (Phi) is 3.94. The zero-order chi connectivity index (χ0) is 13.0. The van der Waals surface area contributed by atoms with Gasteiger partial charge in [0.15, 0.2) is 5.13 Å². The van der Waals surface area contributed by atoms with E-state index in [4.69, 9.17) is 5.73 Å². The Balaban J connectivity index is 1.83. The molecule has 0 aliphatic heterocycles. The van der Waals surface area contributed by atoms with Gasteiger partial charge in [0.25, 0.3) is 0 Å². The van der Waals surface area contributed by atoms with Gasteiger partial charge in [-0.2, -0.15) is 0 Å². The number of carbonyl (C=O) groups is 1. The van der Waals surface area contributed by atoms with E-state index in [9.17, 15) is 4.79 Å². The average Bonchev–Trinajstić information content (AvgIpc) is 2.74. The first-order valence-electron chi connectivity index (χ1n) is 5.65. The van der Waals surface area contributed by atoms with E-state index in [0.717, 1.165) is 11.3 Å². The van der Waals surface area contributed by atoms with Gasteiger partial charge < -0.3 is 11.1 Å². The topological polar surface area (TPSA) is 68.0 Å². The molecule has 0 bridgehead atoms. The van der Waals surface area contributed by atoms with Crippen LogP contribution in [0.4, 0.5) is 5.13 Å². The Morgan fingerprint density at radius 2 is 2.11 bits per heavy atom. The Morgan fingerprint density at radius 1 is 1.39 bits per heavy atom. The molecule has 0 fully saturated rings. The Hall–Kier alpha value is -1.88. The zero-order valence-electron chi connectivity index (χ0n) is 10.1. The van der Waals surface area contributed by atoms with Crippen LogP contribution >= 0.6 is 11.3 Å². The third kappa shape index (κ3) is 3.56. The summed E-state index contributed by atoms with van der Waals surface area (Å²) in [6.07, 6.45) is 0.277. The normalized spacial score (nSPS) is 10.3. The summed E-state index contributed by atoms with van der Waals surface area (Å²) in [5, 5.41) is 5.16. The van der Waals surface area contributed by atoms with Crippen molar-refractivity contribution in [1.29, 1.82) is 0 Å². The molecule has 0 atom stereocenters. The molecular formula is C13H15N3OS. The molecule has 0 aliphatic rings. The van der Waals surface area contributed by atoms with Crippen LogP contribution in [-0.2, 0) is 17.8 Å². The van der Waals surface area contributed by atoms with Crippen molar-refractivity contribution in [3.8, 4) is 0 Å². The number of nitrogen functional groups attached to an aromatic ring is 1. The van der Waals surface area contributed by atoms with E-state index < -0.39 is 0 Å². The molecule has 0 unspecified atom stereocenters. The first-order valence-corrected chi connectivity index (χ1v) is 6.53. The fourth-order valence-electron chi connectivity index (χ4n) is 1.54. The second-order valence-corrected chi connectivity index (χ2v) is 5.01. The molecule has 0 spiro atoms. The summed E-state index contributed by atoms with van der Waals surface area (Å²) >= 11 is 1.35. The van der Waals surface area contributed by atoms with Crippen LogP contribution in [0.2, 0.25) is 0 Å². The van der Waals surface area contributed by atoms with Crippen LogP contribution in [0.1, 0.15) is 16.8 Å². The van der Waals surface area contributed by atoms with Gasteiger partial charge in [-0.05, 0) is 12.5 Å².